The molecule has 21 heavy (non-hydrogen) atoms. The monoisotopic (exact) mass is 291 g/mol. The molecule has 1 aromatic rings. The van der Waals surface area contributed by atoms with E-state index in [1.54, 1.807) is 0 Å². The van der Waals surface area contributed by atoms with Crippen molar-refractivity contribution in [1.82, 2.24) is 5.32 Å². The Bertz CT molecular complexity index is 495. The molecule has 1 fully saturated rings. The van der Waals surface area contributed by atoms with Crippen molar-refractivity contribution >= 4 is 11.9 Å². The minimum atomic E-state index is -1.03. The van der Waals surface area contributed by atoms with Crippen molar-refractivity contribution in [3.05, 3.63) is 29.8 Å². The average Bonchev–Trinajstić information content (AvgIpc) is 2.96. The lowest BCUT2D eigenvalue weighted by Gasteiger charge is -2.13. The second-order valence-corrected chi connectivity index (χ2v) is 5.34. The van der Waals surface area contributed by atoms with Gasteiger partial charge in [0.25, 0.3) is 0 Å². The Morgan fingerprint density at radius 1 is 1.29 bits per heavy atom. The van der Waals surface area contributed by atoms with Gasteiger partial charge in [0.2, 0.25) is 5.91 Å². The first kappa shape index (κ1) is 15.4. The van der Waals surface area contributed by atoms with E-state index in [1.807, 2.05) is 24.3 Å². The van der Waals surface area contributed by atoms with E-state index >= 15 is 0 Å². The zero-order chi connectivity index (χ0) is 15.1. The van der Waals surface area contributed by atoms with Crippen molar-refractivity contribution in [3.8, 4) is 5.75 Å². The molecule has 0 radical (unpaired) electrons. The Kier molecular flexibility index (Phi) is 5.60. The van der Waals surface area contributed by atoms with Crippen molar-refractivity contribution < 1.29 is 19.4 Å². The van der Waals surface area contributed by atoms with Crippen LogP contribution >= 0.6 is 0 Å². The van der Waals surface area contributed by atoms with E-state index in [1.165, 1.54) is 12.8 Å². The van der Waals surface area contributed by atoms with Gasteiger partial charge in [0.15, 0.2) is 0 Å². The number of hydrogen-bond acceptors (Lipinski definition) is 3. The number of carboxylic acids is 1. The average molecular weight is 291 g/mol. The van der Waals surface area contributed by atoms with Gasteiger partial charge in [-0.05, 0) is 49.8 Å². The summed E-state index contributed by atoms with van der Waals surface area (Å²) in [6.45, 7) is -0.330. The second kappa shape index (κ2) is 7.67. The van der Waals surface area contributed by atoms with E-state index in [4.69, 9.17) is 9.84 Å². The number of carbonyl (C=O) groups is 2. The van der Waals surface area contributed by atoms with Crippen molar-refractivity contribution in [2.45, 2.75) is 44.6 Å². The highest BCUT2D eigenvalue weighted by Gasteiger charge is 2.16. The number of carboxylic acid groups (broad SMARTS) is 1. The molecule has 5 nitrogen and oxygen atoms in total. The number of aliphatic carboxylic acids is 1. The van der Waals surface area contributed by atoms with E-state index in [0.717, 1.165) is 24.2 Å². The predicted molar refractivity (Wildman–Crippen MR) is 78.3 cm³/mol. The number of hydrogen-bond donors (Lipinski definition) is 2. The summed E-state index contributed by atoms with van der Waals surface area (Å²) in [6, 6.07) is 7.77. The number of amides is 1. The van der Waals surface area contributed by atoms with Crippen LogP contribution in [-0.2, 0) is 16.0 Å². The predicted octanol–water partition coefficient (Wildman–Crippen LogP) is 2.14. The first-order valence-corrected chi connectivity index (χ1v) is 7.37. The summed E-state index contributed by atoms with van der Waals surface area (Å²) in [7, 11) is 0. The Morgan fingerprint density at radius 2 is 2.05 bits per heavy atom. The molecule has 2 N–H and O–H groups in total. The molecule has 0 unspecified atom stereocenters. The number of aryl methyl sites for hydroxylation is 1. The van der Waals surface area contributed by atoms with Gasteiger partial charge in [-0.15, -0.1) is 0 Å². The zero-order valence-corrected chi connectivity index (χ0v) is 12.0. The third-order valence-electron chi connectivity index (χ3n) is 3.58. The van der Waals surface area contributed by atoms with Gasteiger partial charge in [-0.2, -0.15) is 0 Å². The van der Waals surface area contributed by atoms with Crippen LogP contribution in [0.2, 0.25) is 0 Å². The van der Waals surface area contributed by atoms with Crippen molar-refractivity contribution in [2.75, 3.05) is 6.54 Å². The van der Waals surface area contributed by atoms with Crippen LogP contribution in [0.25, 0.3) is 0 Å². The summed E-state index contributed by atoms with van der Waals surface area (Å²) in [4.78, 5) is 21.8. The minimum absolute atomic E-state index is 0.250. The number of nitrogens with one attached hydrogen (secondary N) is 1. The molecule has 0 aliphatic heterocycles. The fourth-order valence-corrected chi connectivity index (χ4v) is 2.49. The van der Waals surface area contributed by atoms with Gasteiger partial charge in [0.05, 0.1) is 6.10 Å². The summed E-state index contributed by atoms with van der Waals surface area (Å²) >= 11 is 0. The van der Waals surface area contributed by atoms with Gasteiger partial charge in [0, 0.05) is 6.42 Å². The van der Waals surface area contributed by atoms with Crippen molar-refractivity contribution in [3.63, 3.8) is 0 Å². The maximum atomic E-state index is 11.5. The molecule has 2 rings (SSSR count). The highest BCUT2D eigenvalue weighted by molar-refractivity contribution is 5.81. The smallest absolute Gasteiger partial charge is 0.322 e. The van der Waals surface area contributed by atoms with Crippen LogP contribution in [0.3, 0.4) is 0 Å². The van der Waals surface area contributed by atoms with Crippen LogP contribution in [0.4, 0.5) is 0 Å². The molecule has 0 bridgehead atoms. The molecular formula is C16H21NO4. The van der Waals surface area contributed by atoms with Crippen LogP contribution in [0, 0.1) is 0 Å². The Balaban J connectivity index is 1.80. The molecule has 5 heteroatoms. The largest absolute Gasteiger partial charge is 0.490 e. The van der Waals surface area contributed by atoms with Crippen LogP contribution in [-0.4, -0.2) is 29.6 Å². The van der Waals surface area contributed by atoms with Gasteiger partial charge >= 0.3 is 5.97 Å². The quantitative estimate of drug-likeness (QED) is 0.807. The topological polar surface area (TPSA) is 75.6 Å². The van der Waals surface area contributed by atoms with Crippen LogP contribution < -0.4 is 10.1 Å². The standard InChI is InChI=1S/C16H21NO4/c18-15(17-11-16(19)20)9-8-12-4-3-7-14(10-12)21-13-5-1-2-6-13/h3-4,7,10,13H,1-2,5-6,8-9,11H2,(H,17,18)(H,19,20). The molecule has 1 saturated carbocycles. The molecular weight excluding hydrogens is 270 g/mol. The normalized spacial score (nSPS) is 14.9. The molecule has 0 atom stereocenters. The summed E-state index contributed by atoms with van der Waals surface area (Å²) in [6.07, 6.45) is 5.86. The Hall–Kier alpha value is -2.04. The summed E-state index contributed by atoms with van der Waals surface area (Å²) < 4.78 is 5.92. The summed E-state index contributed by atoms with van der Waals surface area (Å²) in [5, 5.41) is 10.8. The highest BCUT2D eigenvalue weighted by Crippen LogP contribution is 2.24. The van der Waals surface area contributed by atoms with Gasteiger partial charge in [-0.1, -0.05) is 12.1 Å². The first-order valence-electron chi connectivity index (χ1n) is 7.37. The number of carbonyl (C=O) groups excluding carboxylic acids is 1. The van der Waals surface area contributed by atoms with E-state index in [2.05, 4.69) is 5.32 Å². The summed E-state index contributed by atoms with van der Waals surface area (Å²) in [5.74, 6) is -0.430. The van der Waals surface area contributed by atoms with Crippen molar-refractivity contribution in [2.24, 2.45) is 0 Å². The molecule has 0 spiro atoms. The number of rotatable bonds is 7. The SMILES string of the molecule is O=C(O)CNC(=O)CCc1cccc(OC2CCCC2)c1. The molecule has 0 saturated heterocycles. The zero-order valence-electron chi connectivity index (χ0n) is 12.0. The fourth-order valence-electron chi connectivity index (χ4n) is 2.49. The lowest BCUT2D eigenvalue weighted by molar-refractivity contribution is -0.137. The van der Waals surface area contributed by atoms with E-state index in [0.29, 0.717) is 12.5 Å². The summed E-state index contributed by atoms with van der Waals surface area (Å²) in [5.41, 5.74) is 1.02. The van der Waals surface area contributed by atoms with Crippen LogP contribution in [0.5, 0.6) is 5.75 Å². The second-order valence-electron chi connectivity index (χ2n) is 5.34. The maximum Gasteiger partial charge on any atom is 0.322 e. The molecule has 114 valence electrons. The molecule has 1 aliphatic carbocycles. The lowest BCUT2D eigenvalue weighted by Crippen LogP contribution is -2.29. The van der Waals surface area contributed by atoms with Gasteiger partial charge in [-0.3, -0.25) is 9.59 Å². The number of benzene rings is 1. The van der Waals surface area contributed by atoms with E-state index in [9.17, 15) is 9.59 Å². The third-order valence-corrected chi connectivity index (χ3v) is 3.58. The van der Waals surface area contributed by atoms with Gasteiger partial charge in [-0.25, -0.2) is 0 Å². The van der Waals surface area contributed by atoms with Crippen molar-refractivity contribution in [1.29, 1.82) is 0 Å². The van der Waals surface area contributed by atoms with Gasteiger partial charge in [0.1, 0.15) is 12.3 Å². The first-order chi connectivity index (χ1) is 10.1. The van der Waals surface area contributed by atoms with E-state index in [-0.39, 0.29) is 18.9 Å². The molecule has 0 heterocycles. The van der Waals surface area contributed by atoms with E-state index < -0.39 is 5.97 Å². The highest BCUT2D eigenvalue weighted by atomic mass is 16.5. The van der Waals surface area contributed by atoms with Gasteiger partial charge < -0.3 is 15.2 Å². The molecule has 1 aliphatic rings. The minimum Gasteiger partial charge on any atom is -0.490 e. The number of ether oxygens (including phenoxy) is 1. The molecule has 0 aromatic heterocycles. The Morgan fingerprint density at radius 3 is 2.76 bits per heavy atom. The third kappa shape index (κ3) is 5.45. The Labute approximate surface area is 124 Å². The van der Waals surface area contributed by atoms with Crippen LogP contribution in [0.15, 0.2) is 24.3 Å². The molecule has 1 amide bonds. The fraction of sp³-hybridized carbons (Fsp3) is 0.500. The van der Waals surface area contributed by atoms with Crippen LogP contribution in [0.1, 0.15) is 37.7 Å². The maximum absolute atomic E-state index is 11.5. The lowest BCUT2D eigenvalue weighted by atomic mass is 10.1. The molecule has 1 aromatic carbocycles.